The maximum Gasteiger partial charge on any atom is 0.513 e. The number of amides is 2. The summed E-state index contributed by atoms with van der Waals surface area (Å²) in [5.41, 5.74) is -1.96. The second kappa shape index (κ2) is 24.5. The highest BCUT2D eigenvalue weighted by molar-refractivity contribution is 5.94. The molecule has 1 aromatic carbocycles. The van der Waals surface area contributed by atoms with Crippen molar-refractivity contribution >= 4 is 35.9 Å². The van der Waals surface area contributed by atoms with Gasteiger partial charge in [-0.05, 0) is 86.6 Å². The predicted molar refractivity (Wildman–Crippen MR) is 216 cm³/mol. The summed E-state index contributed by atoms with van der Waals surface area (Å²) in [6.07, 6.45) is -0.993. The number of rotatable bonds is 16. The van der Waals surface area contributed by atoms with Crippen molar-refractivity contribution in [3.05, 3.63) is 34.7 Å². The van der Waals surface area contributed by atoms with Gasteiger partial charge < -0.3 is 33.7 Å². The van der Waals surface area contributed by atoms with Gasteiger partial charge in [-0.1, -0.05) is 0 Å². The highest BCUT2D eigenvalue weighted by Gasteiger charge is 2.26. The van der Waals surface area contributed by atoms with E-state index in [1.165, 1.54) is 24.3 Å². The normalized spacial score (nSPS) is 15.8. The Kier molecular flexibility index (Phi) is 21.0. The Morgan fingerprint density at radius 1 is 0.576 bits per heavy atom. The fourth-order valence-corrected chi connectivity index (χ4v) is 5.53. The largest absolute Gasteiger partial charge is 0.513 e. The zero-order valence-electron chi connectivity index (χ0n) is 36.2. The fraction of sp³-hybridized carbons (Fsp3) is 0.700. The van der Waals surface area contributed by atoms with Gasteiger partial charge in [0.2, 0.25) is 5.91 Å². The van der Waals surface area contributed by atoms with Crippen LogP contribution >= 0.6 is 0 Å². The van der Waals surface area contributed by atoms with Crippen LogP contribution in [0.2, 0.25) is 0 Å². The van der Waals surface area contributed by atoms with Gasteiger partial charge in [-0.2, -0.15) is 0 Å². The third-order valence-electron chi connectivity index (χ3n) is 8.02. The minimum absolute atomic E-state index is 0.0107. The molecular formula is C40H64N6O13. The van der Waals surface area contributed by atoms with Crippen molar-refractivity contribution in [3.63, 3.8) is 0 Å². The number of ether oxygens (including phenoxy) is 6. The molecule has 332 valence electrons. The van der Waals surface area contributed by atoms with E-state index < -0.39 is 40.8 Å². The average molecular weight is 837 g/mol. The molecule has 0 saturated carbocycles. The molecule has 0 bridgehead atoms. The molecule has 1 saturated heterocycles. The molecule has 1 aromatic rings. The van der Waals surface area contributed by atoms with Crippen molar-refractivity contribution in [1.82, 2.24) is 24.9 Å². The van der Waals surface area contributed by atoms with Crippen molar-refractivity contribution < 1.29 is 57.2 Å². The molecule has 0 atom stereocenters. The Morgan fingerprint density at radius 3 is 1.34 bits per heavy atom. The molecule has 1 heterocycles. The minimum Gasteiger partial charge on any atom is -0.459 e. The van der Waals surface area contributed by atoms with Crippen molar-refractivity contribution in [2.24, 2.45) is 5.18 Å². The van der Waals surface area contributed by atoms with Gasteiger partial charge in [0.15, 0.2) is 0 Å². The van der Waals surface area contributed by atoms with E-state index >= 15 is 0 Å². The van der Waals surface area contributed by atoms with E-state index in [1.54, 1.807) is 62.3 Å². The predicted octanol–water partition coefficient (Wildman–Crippen LogP) is 2.49. The quantitative estimate of drug-likeness (QED) is 0.0833. The van der Waals surface area contributed by atoms with E-state index in [-0.39, 0.29) is 75.7 Å². The number of nitroso groups, excluding NO2 is 1. The molecule has 19 nitrogen and oxygen atoms in total. The van der Waals surface area contributed by atoms with Crippen LogP contribution in [0.5, 0.6) is 5.75 Å². The fourth-order valence-electron chi connectivity index (χ4n) is 5.53. The molecule has 1 aliphatic heterocycles. The van der Waals surface area contributed by atoms with E-state index in [0.717, 1.165) is 0 Å². The van der Waals surface area contributed by atoms with Crippen LogP contribution in [0.4, 0.5) is 4.79 Å². The lowest BCUT2D eigenvalue weighted by Gasteiger charge is -2.34. The average Bonchev–Trinajstić information content (AvgIpc) is 3.09. The van der Waals surface area contributed by atoms with Crippen LogP contribution in [0.25, 0.3) is 0 Å². The maximum atomic E-state index is 13.1. The van der Waals surface area contributed by atoms with Gasteiger partial charge in [-0.25, -0.2) is 4.79 Å². The van der Waals surface area contributed by atoms with Crippen LogP contribution < -0.4 is 10.1 Å². The number of carbonyl (C=O) groups excluding carboxylic acids is 6. The molecule has 0 aliphatic carbocycles. The van der Waals surface area contributed by atoms with Gasteiger partial charge in [-0.3, -0.25) is 43.6 Å². The van der Waals surface area contributed by atoms with Crippen LogP contribution in [-0.4, -0.2) is 177 Å². The van der Waals surface area contributed by atoms with Crippen molar-refractivity contribution in [2.45, 2.75) is 79.1 Å². The highest BCUT2D eigenvalue weighted by Crippen LogP contribution is 2.14. The number of benzene rings is 1. The van der Waals surface area contributed by atoms with Gasteiger partial charge in [-0.15, -0.1) is 4.91 Å². The summed E-state index contributed by atoms with van der Waals surface area (Å²) >= 11 is 0. The lowest BCUT2D eigenvalue weighted by atomic mass is 10.2. The summed E-state index contributed by atoms with van der Waals surface area (Å²) in [5, 5.41) is 5.15. The van der Waals surface area contributed by atoms with E-state index in [0.29, 0.717) is 52.4 Å². The van der Waals surface area contributed by atoms with E-state index in [1.807, 2.05) is 19.6 Å². The second-order valence-electron chi connectivity index (χ2n) is 16.9. The standard InChI is InChI=1S/C40H64N6O13/c1-38(2,3)57-33(48)27-44-17-15-43(26-32(47)41-14-23-54-24-25-55-37(52)56-31-12-10-30(11-13-31)36(51)42-53)16-18-45(28-34(49)58-39(4,5)6)20-22-46(21-19-44)29-35(50)59-40(7,8)9/h10-13H,14-29H2,1-9H3,(H,41,47). The molecule has 19 heteroatoms. The molecule has 0 unspecified atom stereocenters. The van der Waals surface area contributed by atoms with E-state index in [9.17, 15) is 33.7 Å². The molecule has 59 heavy (non-hydrogen) atoms. The first kappa shape index (κ1) is 50.6. The van der Waals surface area contributed by atoms with Crippen LogP contribution in [-0.2, 0) is 42.9 Å². The van der Waals surface area contributed by atoms with Crippen molar-refractivity contribution in [2.75, 3.05) is 105 Å². The SMILES string of the molecule is CC(C)(C)OC(=O)CN1CCN(CC(=O)NCCOCCOC(=O)Oc2ccc(C(=O)N=O)cc2)CCN(CC(=O)OC(C)(C)C)CCN(CC(=O)OC(C)(C)C)CC1. The number of nitrogens with one attached hydrogen (secondary N) is 1. The van der Waals surface area contributed by atoms with Crippen LogP contribution in [0.15, 0.2) is 29.4 Å². The Hall–Kier alpha value is -4.56. The summed E-state index contributed by atoms with van der Waals surface area (Å²) in [7, 11) is 0. The summed E-state index contributed by atoms with van der Waals surface area (Å²) in [4.78, 5) is 93.3. The Bertz CT molecular complexity index is 1490. The molecule has 0 spiro atoms. The lowest BCUT2D eigenvalue weighted by Crippen LogP contribution is -2.50. The maximum absolute atomic E-state index is 13.1. The summed E-state index contributed by atoms with van der Waals surface area (Å²) in [6, 6.07) is 5.22. The van der Waals surface area contributed by atoms with Gasteiger partial charge in [0.1, 0.15) is 29.2 Å². The highest BCUT2D eigenvalue weighted by atomic mass is 16.7. The smallest absolute Gasteiger partial charge is 0.459 e. The summed E-state index contributed by atoms with van der Waals surface area (Å²) < 4.78 is 32.3. The van der Waals surface area contributed by atoms with E-state index in [2.05, 4.69) is 10.5 Å². The number of carbonyl (C=O) groups is 6. The van der Waals surface area contributed by atoms with E-state index in [4.69, 9.17) is 28.4 Å². The van der Waals surface area contributed by atoms with Crippen molar-refractivity contribution in [1.29, 1.82) is 0 Å². The Balaban J connectivity index is 2.02. The third-order valence-corrected chi connectivity index (χ3v) is 8.02. The Labute approximate surface area is 347 Å². The van der Waals surface area contributed by atoms with Gasteiger partial charge in [0.05, 0.1) is 39.4 Å². The van der Waals surface area contributed by atoms with Crippen LogP contribution in [0.1, 0.15) is 72.7 Å². The zero-order valence-corrected chi connectivity index (χ0v) is 36.2. The molecule has 0 aromatic heterocycles. The summed E-state index contributed by atoms with van der Waals surface area (Å²) in [5.74, 6) is -2.27. The first-order valence-corrected chi connectivity index (χ1v) is 19.7. The first-order valence-electron chi connectivity index (χ1n) is 19.7. The minimum atomic E-state index is -0.993. The molecular weight excluding hydrogens is 772 g/mol. The molecule has 1 fully saturated rings. The number of esters is 3. The second-order valence-corrected chi connectivity index (χ2v) is 16.9. The molecule has 2 amide bonds. The number of hydrogen-bond donors (Lipinski definition) is 1. The van der Waals surface area contributed by atoms with Gasteiger partial charge in [0, 0.05) is 69.6 Å². The third kappa shape index (κ3) is 24.2. The molecule has 2 rings (SSSR count). The monoisotopic (exact) mass is 836 g/mol. The molecule has 1 N–H and O–H groups in total. The Morgan fingerprint density at radius 2 is 0.966 bits per heavy atom. The first-order chi connectivity index (χ1) is 27.5. The van der Waals surface area contributed by atoms with Gasteiger partial charge >= 0.3 is 30.0 Å². The summed E-state index contributed by atoms with van der Waals surface area (Å²) in [6.45, 7) is 19.8. The molecule has 0 radical (unpaired) electrons. The van der Waals surface area contributed by atoms with Gasteiger partial charge in [0.25, 0.3) is 0 Å². The zero-order chi connectivity index (χ0) is 44.2. The number of hydrogen-bond acceptors (Lipinski definition) is 17. The lowest BCUT2D eigenvalue weighted by molar-refractivity contribution is -0.158. The van der Waals surface area contributed by atoms with Crippen LogP contribution in [0.3, 0.4) is 0 Å². The van der Waals surface area contributed by atoms with Crippen molar-refractivity contribution in [3.8, 4) is 5.75 Å². The topological polar surface area (TPSA) is 212 Å². The molecule has 1 aliphatic rings. The number of nitrogens with zero attached hydrogens (tertiary/aromatic N) is 5. The van der Waals surface area contributed by atoms with Crippen LogP contribution in [0, 0.1) is 4.91 Å².